The topological polar surface area (TPSA) is 66.8 Å². The minimum absolute atomic E-state index is 0.239. The van der Waals surface area contributed by atoms with E-state index in [9.17, 15) is 14.7 Å². The van der Waals surface area contributed by atoms with Crippen LogP contribution in [0.3, 0.4) is 0 Å². The molecule has 1 atom stereocenters. The smallest absolute Gasteiger partial charge is 0.264 e. The van der Waals surface area contributed by atoms with Gasteiger partial charge in [0.25, 0.3) is 5.91 Å². The number of ketones is 1. The number of anilines is 1. The van der Waals surface area contributed by atoms with Gasteiger partial charge in [-0.15, -0.1) is 0 Å². The molecule has 0 saturated heterocycles. The van der Waals surface area contributed by atoms with Crippen molar-refractivity contribution in [3.8, 4) is 5.75 Å². The van der Waals surface area contributed by atoms with E-state index in [2.05, 4.69) is 0 Å². The predicted molar refractivity (Wildman–Crippen MR) is 99.7 cm³/mol. The molecule has 0 fully saturated rings. The van der Waals surface area contributed by atoms with Gasteiger partial charge in [-0.3, -0.25) is 9.59 Å². The highest BCUT2D eigenvalue weighted by Crippen LogP contribution is 2.42. The van der Waals surface area contributed by atoms with E-state index in [1.807, 2.05) is 13.0 Å². The van der Waals surface area contributed by atoms with Gasteiger partial charge in [-0.2, -0.15) is 0 Å². The maximum atomic E-state index is 12.9. The Hall–Kier alpha value is -2.37. The van der Waals surface area contributed by atoms with Crippen molar-refractivity contribution >= 4 is 29.0 Å². The fourth-order valence-corrected chi connectivity index (χ4v) is 3.33. The fraction of sp³-hybridized carbons (Fsp3) is 0.300. The Bertz CT molecular complexity index is 849. The van der Waals surface area contributed by atoms with E-state index in [4.69, 9.17) is 16.3 Å². The number of carbonyl (C=O) groups excluding carboxylic acids is 2. The number of halogens is 1. The summed E-state index contributed by atoms with van der Waals surface area (Å²) < 4.78 is 5.66. The number of ether oxygens (including phenoxy) is 1. The Morgan fingerprint density at radius 1 is 1.23 bits per heavy atom. The monoisotopic (exact) mass is 373 g/mol. The van der Waals surface area contributed by atoms with Crippen LogP contribution in [0.15, 0.2) is 42.5 Å². The number of hydrogen-bond acceptors (Lipinski definition) is 4. The average molecular weight is 374 g/mol. The lowest BCUT2D eigenvalue weighted by molar-refractivity contribution is -0.141. The highest BCUT2D eigenvalue weighted by atomic mass is 35.5. The molecule has 0 radical (unpaired) electrons. The van der Waals surface area contributed by atoms with Crippen LogP contribution in [0, 0.1) is 6.92 Å². The zero-order valence-corrected chi connectivity index (χ0v) is 15.4. The Morgan fingerprint density at radius 3 is 2.58 bits per heavy atom. The van der Waals surface area contributed by atoms with Gasteiger partial charge in [0, 0.05) is 17.0 Å². The maximum Gasteiger partial charge on any atom is 0.264 e. The number of aliphatic hydroxyl groups is 1. The molecule has 0 aromatic heterocycles. The zero-order chi connectivity index (χ0) is 18.9. The first kappa shape index (κ1) is 18.4. The van der Waals surface area contributed by atoms with Crippen molar-refractivity contribution in [1.29, 1.82) is 0 Å². The summed E-state index contributed by atoms with van der Waals surface area (Å²) in [6.07, 6.45) is -0.239. The number of Topliss-reactive ketones (excluding diaryl/α,β-unsaturated/α-hetero) is 1. The van der Waals surface area contributed by atoms with Crippen LogP contribution >= 0.6 is 11.6 Å². The molecule has 1 N–H and O–H groups in total. The molecule has 0 saturated carbocycles. The van der Waals surface area contributed by atoms with Crippen LogP contribution < -0.4 is 9.64 Å². The summed E-state index contributed by atoms with van der Waals surface area (Å²) in [4.78, 5) is 26.0. The van der Waals surface area contributed by atoms with Crippen LogP contribution in [0.2, 0.25) is 5.02 Å². The second kappa shape index (κ2) is 7.09. The molecular formula is C20H20ClNO4. The van der Waals surface area contributed by atoms with E-state index in [-0.39, 0.29) is 25.4 Å². The number of fused-ring (bicyclic) bond motifs is 1. The van der Waals surface area contributed by atoms with E-state index in [0.29, 0.717) is 22.0 Å². The molecule has 5 nitrogen and oxygen atoms in total. The lowest BCUT2D eigenvalue weighted by atomic mass is 9.89. The summed E-state index contributed by atoms with van der Waals surface area (Å²) in [5, 5.41) is 11.6. The van der Waals surface area contributed by atoms with E-state index >= 15 is 0 Å². The largest absolute Gasteiger partial charge is 0.492 e. The summed E-state index contributed by atoms with van der Waals surface area (Å²) in [5.74, 6) is -0.0928. The molecule has 1 aliphatic rings. The van der Waals surface area contributed by atoms with Crippen LogP contribution in [0.25, 0.3) is 0 Å². The lowest BCUT2D eigenvalue weighted by Gasteiger charge is -2.22. The van der Waals surface area contributed by atoms with Gasteiger partial charge in [-0.25, -0.2) is 0 Å². The molecule has 0 bridgehead atoms. The first-order chi connectivity index (χ1) is 12.3. The van der Waals surface area contributed by atoms with Gasteiger partial charge in [-0.1, -0.05) is 29.3 Å². The number of carbonyl (C=O) groups is 2. The van der Waals surface area contributed by atoms with E-state index in [1.54, 1.807) is 36.4 Å². The molecule has 136 valence electrons. The summed E-state index contributed by atoms with van der Waals surface area (Å²) in [5.41, 5.74) is 0.194. The summed E-state index contributed by atoms with van der Waals surface area (Å²) in [7, 11) is 0. The molecule has 0 unspecified atom stereocenters. The second-order valence-electron chi connectivity index (χ2n) is 6.52. The maximum absolute atomic E-state index is 12.9. The van der Waals surface area contributed by atoms with Crippen LogP contribution in [0.5, 0.6) is 5.75 Å². The molecule has 1 heterocycles. The number of benzene rings is 2. The van der Waals surface area contributed by atoms with Crippen LogP contribution in [0.4, 0.5) is 5.69 Å². The van der Waals surface area contributed by atoms with Gasteiger partial charge in [-0.05, 0) is 44.2 Å². The number of hydrogen-bond donors (Lipinski definition) is 1. The molecule has 1 amide bonds. The first-order valence-electron chi connectivity index (χ1n) is 8.34. The third kappa shape index (κ3) is 3.45. The standard InChI is InChI=1S/C20H20ClNO4/c1-13-3-8-18-17(11-13)20(25,12-14(2)23)19(24)22(18)9-10-26-16-6-4-15(21)5-7-16/h3-8,11,25H,9-10,12H2,1-2H3/t20-/m0/s1. The van der Waals surface area contributed by atoms with Crippen LogP contribution in [-0.4, -0.2) is 29.9 Å². The lowest BCUT2D eigenvalue weighted by Crippen LogP contribution is -2.43. The predicted octanol–water partition coefficient (Wildman–Crippen LogP) is 3.24. The minimum atomic E-state index is -1.81. The highest BCUT2D eigenvalue weighted by Gasteiger charge is 2.50. The molecule has 2 aromatic carbocycles. The normalized spacial score (nSPS) is 18.8. The molecular weight excluding hydrogens is 354 g/mol. The number of nitrogens with zero attached hydrogens (tertiary/aromatic N) is 1. The number of aryl methyl sites for hydroxylation is 1. The Morgan fingerprint density at radius 2 is 1.92 bits per heavy atom. The van der Waals surface area contributed by atoms with Crippen molar-refractivity contribution in [2.75, 3.05) is 18.1 Å². The van der Waals surface area contributed by atoms with Gasteiger partial charge in [0.1, 0.15) is 18.1 Å². The molecule has 6 heteroatoms. The second-order valence-corrected chi connectivity index (χ2v) is 6.96. The van der Waals surface area contributed by atoms with E-state index in [1.165, 1.54) is 11.8 Å². The van der Waals surface area contributed by atoms with Crippen molar-refractivity contribution in [3.05, 3.63) is 58.6 Å². The average Bonchev–Trinajstić information content (AvgIpc) is 2.77. The fourth-order valence-electron chi connectivity index (χ4n) is 3.20. The van der Waals surface area contributed by atoms with Crippen molar-refractivity contribution in [2.45, 2.75) is 25.9 Å². The zero-order valence-electron chi connectivity index (χ0n) is 14.7. The van der Waals surface area contributed by atoms with E-state index < -0.39 is 11.5 Å². The van der Waals surface area contributed by atoms with Crippen LogP contribution in [0.1, 0.15) is 24.5 Å². The first-order valence-corrected chi connectivity index (χ1v) is 8.72. The summed E-state index contributed by atoms with van der Waals surface area (Å²) >= 11 is 5.85. The summed E-state index contributed by atoms with van der Waals surface area (Å²) in [6, 6.07) is 12.4. The van der Waals surface area contributed by atoms with Gasteiger partial charge in [0.2, 0.25) is 0 Å². The van der Waals surface area contributed by atoms with Crippen LogP contribution in [-0.2, 0) is 15.2 Å². The molecule has 0 spiro atoms. The Kier molecular flexibility index (Phi) is 5.03. The van der Waals surface area contributed by atoms with Crippen molar-refractivity contribution in [3.63, 3.8) is 0 Å². The number of amides is 1. The third-order valence-electron chi connectivity index (χ3n) is 4.39. The van der Waals surface area contributed by atoms with Gasteiger partial charge in [0.15, 0.2) is 5.60 Å². The minimum Gasteiger partial charge on any atom is -0.492 e. The molecule has 26 heavy (non-hydrogen) atoms. The molecule has 3 rings (SSSR count). The Labute approximate surface area is 157 Å². The molecule has 1 aliphatic heterocycles. The van der Waals surface area contributed by atoms with Crippen molar-refractivity contribution in [1.82, 2.24) is 0 Å². The van der Waals surface area contributed by atoms with Crippen molar-refractivity contribution < 1.29 is 19.4 Å². The van der Waals surface area contributed by atoms with Crippen molar-refractivity contribution in [2.24, 2.45) is 0 Å². The molecule has 2 aromatic rings. The van der Waals surface area contributed by atoms with Gasteiger partial charge < -0.3 is 14.7 Å². The highest BCUT2D eigenvalue weighted by molar-refractivity contribution is 6.30. The quantitative estimate of drug-likeness (QED) is 0.844. The molecule has 0 aliphatic carbocycles. The third-order valence-corrected chi connectivity index (χ3v) is 4.64. The van der Waals surface area contributed by atoms with E-state index in [0.717, 1.165) is 5.56 Å². The van der Waals surface area contributed by atoms with Gasteiger partial charge >= 0.3 is 0 Å². The number of rotatable bonds is 6. The summed E-state index contributed by atoms with van der Waals surface area (Å²) in [6.45, 7) is 3.76. The van der Waals surface area contributed by atoms with Gasteiger partial charge in [0.05, 0.1) is 12.2 Å². The Balaban J connectivity index is 1.80. The SMILES string of the molecule is CC(=O)C[C@@]1(O)C(=O)N(CCOc2ccc(Cl)cc2)c2ccc(C)cc21.